The van der Waals surface area contributed by atoms with Gasteiger partial charge in [0.1, 0.15) is 12.4 Å². The smallest absolute Gasteiger partial charge is 0.322 e. The molecule has 0 saturated heterocycles. The predicted molar refractivity (Wildman–Crippen MR) is 99.6 cm³/mol. The second kappa shape index (κ2) is 6.14. The number of para-hydroxylation sites is 2. The number of carbonyl (C=O) groups is 2. The van der Waals surface area contributed by atoms with Crippen LogP contribution in [-0.4, -0.2) is 38.3 Å². The number of methoxy groups -OCH3 is 1. The molecule has 2 unspecified atom stereocenters. The van der Waals surface area contributed by atoms with Gasteiger partial charge in [-0.3, -0.25) is 9.69 Å². The van der Waals surface area contributed by atoms with E-state index in [1.807, 2.05) is 24.3 Å². The van der Waals surface area contributed by atoms with Crippen molar-refractivity contribution in [2.75, 3.05) is 25.2 Å². The standard InChI is InChI=1S/C21H26N2O4/c1-26-19(24)21-10-13-8-14(11-21)18(15(9-13)12-21)22-20(25)23-6-7-27-17-5-3-2-4-16(17)23/h2-5,13-15,18H,6-12H2,1H3,(H,22,25). The van der Waals surface area contributed by atoms with Gasteiger partial charge in [-0.2, -0.15) is 0 Å². The van der Waals surface area contributed by atoms with Crippen LogP contribution in [0.1, 0.15) is 32.1 Å². The molecule has 6 heteroatoms. The SMILES string of the molecule is COC(=O)C12CC3CC(C1)C(NC(=O)N1CCOc4ccccc41)C(C3)C2. The summed E-state index contributed by atoms with van der Waals surface area (Å²) < 4.78 is 10.8. The first kappa shape index (κ1) is 16.9. The lowest BCUT2D eigenvalue weighted by molar-refractivity contribution is -0.170. The molecule has 0 spiro atoms. The third-order valence-electron chi connectivity index (χ3n) is 7.16. The summed E-state index contributed by atoms with van der Waals surface area (Å²) in [4.78, 5) is 27.3. The molecule has 6 rings (SSSR count). The molecule has 0 aromatic heterocycles. The highest BCUT2D eigenvalue weighted by Crippen LogP contribution is 2.60. The molecule has 0 radical (unpaired) electrons. The van der Waals surface area contributed by atoms with E-state index in [0.717, 1.165) is 43.5 Å². The quantitative estimate of drug-likeness (QED) is 0.813. The minimum Gasteiger partial charge on any atom is -0.490 e. The second-order valence-electron chi connectivity index (χ2n) is 8.68. The zero-order valence-electron chi connectivity index (χ0n) is 15.6. The number of urea groups is 1. The number of benzene rings is 1. The second-order valence-corrected chi connectivity index (χ2v) is 8.68. The average molecular weight is 370 g/mol. The Labute approximate surface area is 159 Å². The molecule has 6 nitrogen and oxygen atoms in total. The first-order chi connectivity index (χ1) is 13.1. The van der Waals surface area contributed by atoms with Crippen LogP contribution in [0.5, 0.6) is 5.75 Å². The lowest BCUT2D eigenvalue weighted by Gasteiger charge is -2.58. The first-order valence-corrected chi connectivity index (χ1v) is 9.98. The molecule has 4 saturated carbocycles. The molecular weight excluding hydrogens is 344 g/mol. The van der Waals surface area contributed by atoms with Gasteiger partial charge in [-0.1, -0.05) is 12.1 Å². The Morgan fingerprint density at radius 2 is 1.93 bits per heavy atom. The summed E-state index contributed by atoms with van der Waals surface area (Å²) in [7, 11) is 1.50. The van der Waals surface area contributed by atoms with E-state index in [1.165, 1.54) is 7.11 Å². The van der Waals surface area contributed by atoms with Crippen molar-refractivity contribution in [2.45, 2.75) is 38.1 Å². The van der Waals surface area contributed by atoms with E-state index in [1.54, 1.807) is 4.90 Å². The molecule has 27 heavy (non-hydrogen) atoms. The molecule has 5 aliphatic rings. The van der Waals surface area contributed by atoms with Gasteiger partial charge in [0.25, 0.3) is 0 Å². The van der Waals surface area contributed by atoms with E-state index in [9.17, 15) is 9.59 Å². The number of nitrogens with zero attached hydrogens (tertiary/aromatic N) is 1. The Kier molecular flexibility index (Phi) is 3.85. The maximum Gasteiger partial charge on any atom is 0.322 e. The zero-order chi connectivity index (χ0) is 18.6. The molecular formula is C21H26N2O4. The van der Waals surface area contributed by atoms with Gasteiger partial charge in [-0.15, -0.1) is 0 Å². The van der Waals surface area contributed by atoms with E-state index >= 15 is 0 Å². The van der Waals surface area contributed by atoms with Crippen LogP contribution < -0.4 is 15.0 Å². The number of ether oxygens (including phenoxy) is 2. The van der Waals surface area contributed by atoms with Crippen molar-refractivity contribution in [3.05, 3.63) is 24.3 Å². The maximum absolute atomic E-state index is 13.1. The number of hydrogen-bond donors (Lipinski definition) is 1. The Morgan fingerprint density at radius 3 is 2.67 bits per heavy atom. The average Bonchev–Trinajstić information content (AvgIpc) is 2.69. The molecule has 2 amide bonds. The summed E-state index contributed by atoms with van der Waals surface area (Å²) in [6.45, 7) is 1.06. The molecule has 4 bridgehead atoms. The summed E-state index contributed by atoms with van der Waals surface area (Å²) >= 11 is 0. The number of amides is 2. The zero-order valence-corrected chi connectivity index (χ0v) is 15.6. The van der Waals surface area contributed by atoms with Gasteiger partial charge in [-0.05, 0) is 62.0 Å². The van der Waals surface area contributed by atoms with Crippen molar-refractivity contribution in [3.8, 4) is 5.75 Å². The summed E-state index contributed by atoms with van der Waals surface area (Å²) in [6.07, 6.45) is 4.87. The van der Waals surface area contributed by atoms with Gasteiger partial charge in [0.15, 0.2) is 0 Å². The number of hydrogen-bond acceptors (Lipinski definition) is 4. The number of nitrogens with one attached hydrogen (secondary N) is 1. The van der Waals surface area contributed by atoms with Crippen LogP contribution in [0.15, 0.2) is 24.3 Å². The van der Waals surface area contributed by atoms with Crippen molar-refractivity contribution in [2.24, 2.45) is 23.2 Å². The maximum atomic E-state index is 13.1. The van der Waals surface area contributed by atoms with Crippen molar-refractivity contribution in [3.63, 3.8) is 0 Å². The molecule has 4 fully saturated rings. The fourth-order valence-electron chi connectivity index (χ4n) is 6.33. The molecule has 4 aliphatic carbocycles. The molecule has 2 atom stereocenters. The largest absolute Gasteiger partial charge is 0.490 e. The number of carbonyl (C=O) groups excluding carboxylic acids is 2. The minimum atomic E-state index is -0.307. The van der Waals surface area contributed by atoms with Crippen LogP contribution in [-0.2, 0) is 9.53 Å². The highest BCUT2D eigenvalue weighted by Gasteiger charge is 2.59. The molecule has 144 valence electrons. The fraction of sp³-hybridized carbons (Fsp3) is 0.619. The van der Waals surface area contributed by atoms with E-state index < -0.39 is 0 Å². The Hall–Kier alpha value is -2.24. The Bertz CT molecular complexity index is 763. The lowest BCUT2D eigenvalue weighted by atomic mass is 9.48. The first-order valence-electron chi connectivity index (χ1n) is 9.98. The predicted octanol–water partition coefficient (Wildman–Crippen LogP) is 2.96. The van der Waals surface area contributed by atoms with Gasteiger partial charge in [0.2, 0.25) is 0 Å². The third-order valence-corrected chi connectivity index (χ3v) is 7.16. The van der Waals surface area contributed by atoms with Crippen LogP contribution in [0, 0.1) is 23.2 Å². The van der Waals surface area contributed by atoms with Gasteiger partial charge in [-0.25, -0.2) is 4.79 Å². The van der Waals surface area contributed by atoms with Gasteiger partial charge < -0.3 is 14.8 Å². The van der Waals surface area contributed by atoms with Gasteiger partial charge in [0, 0.05) is 6.04 Å². The highest BCUT2D eigenvalue weighted by molar-refractivity contribution is 5.94. The molecule has 1 N–H and O–H groups in total. The Morgan fingerprint density at radius 1 is 1.19 bits per heavy atom. The van der Waals surface area contributed by atoms with Crippen molar-refractivity contribution < 1.29 is 19.1 Å². The highest BCUT2D eigenvalue weighted by atomic mass is 16.5. The van der Waals surface area contributed by atoms with E-state index in [-0.39, 0.29) is 23.5 Å². The number of rotatable bonds is 2. The van der Waals surface area contributed by atoms with Gasteiger partial charge in [0.05, 0.1) is 24.8 Å². The minimum absolute atomic E-state index is 0.0460. The van der Waals surface area contributed by atoms with Crippen molar-refractivity contribution >= 4 is 17.7 Å². The molecule has 1 aromatic carbocycles. The van der Waals surface area contributed by atoms with Crippen molar-refractivity contribution in [1.82, 2.24) is 5.32 Å². The number of anilines is 1. The molecule has 1 aliphatic heterocycles. The number of fused-ring (bicyclic) bond motifs is 1. The van der Waals surface area contributed by atoms with E-state index in [4.69, 9.17) is 9.47 Å². The fourth-order valence-corrected chi connectivity index (χ4v) is 6.33. The van der Waals surface area contributed by atoms with Crippen LogP contribution in [0.4, 0.5) is 10.5 Å². The third kappa shape index (κ3) is 2.60. The van der Waals surface area contributed by atoms with E-state index in [0.29, 0.717) is 30.9 Å². The topological polar surface area (TPSA) is 67.9 Å². The summed E-state index contributed by atoms with van der Waals surface area (Å²) in [5, 5.41) is 3.33. The lowest BCUT2D eigenvalue weighted by Crippen LogP contribution is -2.62. The van der Waals surface area contributed by atoms with Crippen LogP contribution in [0.3, 0.4) is 0 Å². The van der Waals surface area contributed by atoms with E-state index in [2.05, 4.69) is 5.32 Å². The number of esters is 1. The molecule has 1 aromatic rings. The monoisotopic (exact) mass is 370 g/mol. The Balaban J connectivity index is 1.34. The summed E-state index contributed by atoms with van der Waals surface area (Å²) in [6, 6.07) is 7.79. The van der Waals surface area contributed by atoms with Crippen LogP contribution in [0.2, 0.25) is 0 Å². The van der Waals surface area contributed by atoms with Crippen LogP contribution >= 0.6 is 0 Å². The summed E-state index contributed by atoms with van der Waals surface area (Å²) in [5.41, 5.74) is 0.522. The summed E-state index contributed by atoms with van der Waals surface area (Å²) in [5.74, 6) is 2.05. The molecule has 1 heterocycles. The van der Waals surface area contributed by atoms with Crippen LogP contribution in [0.25, 0.3) is 0 Å². The normalized spacial score (nSPS) is 36.0. The van der Waals surface area contributed by atoms with Crippen molar-refractivity contribution in [1.29, 1.82) is 0 Å². The van der Waals surface area contributed by atoms with Gasteiger partial charge >= 0.3 is 12.0 Å².